The van der Waals surface area contributed by atoms with Crippen molar-refractivity contribution in [1.29, 1.82) is 0 Å². The van der Waals surface area contributed by atoms with Crippen LogP contribution in [0.15, 0.2) is 29.4 Å². The minimum absolute atomic E-state index is 0.111. The Kier molecular flexibility index (Phi) is 5.81. The van der Waals surface area contributed by atoms with Crippen LogP contribution in [0.1, 0.15) is 47.8 Å². The van der Waals surface area contributed by atoms with Crippen molar-refractivity contribution in [3.8, 4) is 5.75 Å². The number of benzene rings is 1. The molecule has 1 saturated heterocycles. The Balaban J connectivity index is 1.69. The SMILES string of the molecule is CSc1nc(C)c(CCC(=O)N2CCC[C@@H]2c2ccc(O)cc2)c(C)n1. The number of hydrogen-bond acceptors (Lipinski definition) is 5. The third-order valence-electron chi connectivity index (χ3n) is 5.02. The molecule has 26 heavy (non-hydrogen) atoms. The van der Waals surface area contributed by atoms with E-state index in [1.54, 1.807) is 12.1 Å². The topological polar surface area (TPSA) is 66.3 Å². The van der Waals surface area contributed by atoms with Gasteiger partial charge in [0.2, 0.25) is 5.91 Å². The van der Waals surface area contributed by atoms with Gasteiger partial charge in [0.25, 0.3) is 0 Å². The summed E-state index contributed by atoms with van der Waals surface area (Å²) in [5.41, 5.74) is 4.10. The Morgan fingerprint density at radius 3 is 2.50 bits per heavy atom. The van der Waals surface area contributed by atoms with Crippen molar-refractivity contribution in [3.63, 3.8) is 0 Å². The molecule has 5 nitrogen and oxygen atoms in total. The standard InChI is InChI=1S/C20H25N3O2S/c1-13-17(14(2)22-20(21-13)26-3)10-11-19(25)23-12-4-5-18(23)15-6-8-16(24)9-7-15/h6-9,18,24H,4-5,10-12H2,1-3H3/t18-/m1/s1. The molecule has 1 aliphatic rings. The summed E-state index contributed by atoms with van der Waals surface area (Å²) in [6.45, 7) is 4.77. The highest BCUT2D eigenvalue weighted by Crippen LogP contribution is 2.33. The van der Waals surface area contributed by atoms with Crippen LogP contribution in [0.4, 0.5) is 0 Å². The van der Waals surface area contributed by atoms with Gasteiger partial charge in [-0.1, -0.05) is 23.9 Å². The molecule has 1 aromatic heterocycles. The van der Waals surface area contributed by atoms with Crippen LogP contribution in [-0.4, -0.2) is 38.7 Å². The van der Waals surface area contributed by atoms with Gasteiger partial charge in [0.05, 0.1) is 6.04 Å². The zero-order valence-corrected chi connectivity index (χ0v) is 16.3. The summed E-state index contributed by atoms with van der Waals surface area (Å²) < 4.78 is 0. The fourth-order valence-electron chi connectivity index (χ4n) is 3.65. The third-order valence-corrected chi connectivity index (χ3v) is 5.57. The lowest BCUT2D eigenvalue weighted by molar-refractivity contribution is -0.132. The summed E-state index contributed by atoms with van der Waals surface area (Å²) in [7, 11) is 0. The number of aryl methyl sites for hydroxylation is 2. The first-order valence-corrected chi connectivity index (χ1v) is 10.2. The Labute approximate surface area is 158 Å². The molecule has 0 aliphatic carbocycles. The molecule has 3 rings (SSSR count). The highest BCUT2D eigenvalue weighted by Gasteiger charge is 2.29. The van der Waals surface area contributed by atoms with Crippen molar-refractivity contribution in [2.75, 3.05) is 12.8 Å². The fourth-order valence-corrected chi connectivity index (χ4v) is 4.10. The summed E-state index contributed by atoms with van der Waals surface area (Å²) in [5, 5.41) is 10.3. The van der Waals surface area contributed by atoms with Crippen LogP contribution in [0, 0.1) is 13.8 Å². The van der Waals surface area contributed by atoms with Crippen LogP contribution >= 0.6 is 11.8 Å². The first-order valence-electron chi connectivity index (χ1n) is 8.96. The average Bonchev–Trinajstić information content (AvgIpc) is 3.11. The van der Waals surface area contributed by atoms with Crippen molar-refractivity contribution >= 4 is 17.7 Å². The number of hydrogen-bond donors (Lipinski definition) is 1. The number of carbonyl (C=O) groups is 1. The monoisotopic (exact) mass is 371 g/mol. The molecule has 0 saturated carbocycles. The number of thioether (sulfide) groups is 1. The Bertz CT molecular complexity index is 769. The lowest BCUT2D eigenvalue weighted by atomic mass is 10.0. The van der Waals surface area contributed by atoms with E-state index in [0.717, 1.165) is 47.1 Å². The molecule has 0 spiro atoms. The van der Waals surface area contributed by atoms with Crippen LogP contribution in [0.25, 0.3) is 0 Å². The predicted molar refractivity (Wildman–Crippen MR) is 103 cm³/mol. The molecule has 1 amide bonds. The van der Waals surface area contributed by atoms with E-state index in [1.807, 2.05) is 37.1 Å². The number of likely N-dealkylation sites (tertiary alicyclic amines) is 1. The molecule has 0 bridgehead atoms. The van der Waals surface area contributed by atoms with Crippen molar-refractivity contribution in [1.82, 2.24) is 14.9 Å². The molecule has 1 N–H and O–H groups in total. The molecule has 138 valence electrons. The number of amides is 1. The van der Waals surface area contributed by atoms with Crippen molar-refractivity contribution < 1.29 is 9.90 Å². The summed E-state index contributed by atoms with van der Waals surface area (Å²) >= 11 is 1.53. The predicted octanol–water partition coefficient (Wildman–Crippen LogP) is 3.82. The second-order valence-electron chi connectivity index (χ2n) is 6.70. The number of aromatic nitrogens is 2. The van der Waals surface area contributed by atoms with E-state index in [1.165, 1.54) is 11.8 Å². The van der Waals surface area contributed by atoms with Gasteiger partial charge in [-0.05, 0) is 62.6 Å². The van der Waals surface area contributed by atoms with Gasteiger partial charge in [0.1, 0.15) is 5.75 Å². The molecule has 2 aromatic rings. The van der Waals surface area contributed by atoms with E-state index >= 15 is 0 Å². The van der Waals surface area contributed by atoms with Gasteiger partial charge in [-0.3, -0.25) is 4.79 Å². The number of rotatable bonds is 5. The van der Waals surface area contributed by atoms with Crippen LogP contribution in [-0.2, 0) is 11.2 Å². The maximum Gasteiger partial charge on any atom is 0.223 e. The molecular weight excluding hydrogens is 346 g/mol. The van der Waals surface area contributed by atoms with E-state index in [9.17, 15) is 9.90 Å². The molecule has 6 heteroatoms. The normalized spacial score (nSPS) is 16.9. The zero-order chi connectivity index (χ0) is 18.7. The summed E-state index contributed by atoms with van der Waals surface area (Å²) in [6.07, 6.45) is 5.09. The van der Waals surface area contributed by atoms with Gasteiger partial charge in [0, 0.05) is 24.4 Å². The highest BCUT2D eigenvalue weighted by molar-refractivity contribution is 7.98. The first kappa shape index (κ1) is 18.7. The Hall–Kier alpha value is -2.08. The molecule has 0 radical (unpaired) electrons. The molecular formula is C20H25N3O2S. The maximum absolute atomic E-state index is 12.8. The minimum Gasteiger partial charge on any atom is -0.508 e. The number of aromatic hydroxyl groups is 1. The maximum atomic E-state index is 12.8. The molecule has 0 unspecified atom stereocenters. The molecule has 1 fully saturated rings. The number of phenols is 1. The summed E-state index contributed by atoms with van der Waals surface area (Å²) in [5.74, 6) is 0.428. The smallest absolute Gasteiger partial charge is 0.223 e. The van der Waals surface area contributed by atoms with E-state index in [-0.39, 0.29) is 17.7 Å². The zero-order valence-electron chi connectivity index (χ0n) is 15.5. The second-order valence-corrected chi connectivity index (χ2v) is 7.47. The van der Waals surface area contributed by atoms with Gasteiger partial charge < -0.3 is 10.0 Å². The number of carbonyl (C=O) groups excluding carboxylic acids is 1. The lowest BCUT2D eigenvalue weighted by Gasteiger charge is -2.25. The van der Waals surface area contributed by atoms with E-state index in [4.69, 9.17) is 0 Å². The Morgan fingerprint density at radius 1 is 1.23 bits per heavy atom. The number of nitrogens with zero attached hydrogens (tertiary/aromatic N) is 3. The van der Waals surface area contributed by atoms with Crippen LogP contribution in [0.3, 0.4) is 0 Å². The second kappa shape index (κ2) is 8.08. The Morgan fingerprint density at radius 2 is 1.88 bits per heavy atom. The summed E-state index contributed by atoms with van der Waals surface area (Å²) in [6, 6.07) is 7.31. The van der Waals surface area contributed by atoms with Crippen LogP contribution < -0.4 is 0 Å². The van der Waals surface area contributed by atoms with Crippen LogP contribution in [0.5, 0.6) is 5.75 Å². The third kappa shape index (κ3) is 4.01. The fraction of sp³-hybridized carbons (Fsp3) is 0.450. The van der Waals surface area contributed by atoms with Crippen molar-refractivity contribution in [3.05, 3.63) is 46.8 Å². The molecule has 1 atom stereocenters. The van der Waals surface area contributed by atoms with Gasteiger partial charge >= 0.3 is 0 Å². The van der Waals surface area contributed by atoms with Crippen LogP contribution in [0.2, 0.25) is 0 Å². The average molecular weight is 372 g/mol. The van der Waals surface area contributed by atoms with Gasteiger partial charge in [-0.25, -0.2) is 9.97 Å². The van der Waals surface area contributed by atoms with Gasteiger partial charge in [0.15, 0.2) is 5.16 Å². The van der Waals surface area contributed by atoms with Gasteiger partial charge in [-0.2, -0.15) is 0 Å². The molecule has 1 aromatic carbocycles. The van der Waals surface area contributed by atoms with Crippen molar-refractivity contribution in [2.24, 2.45) is 0 Å². The quantitative estimate of drug-likeness (QED) is 0.639. The lowest BCUT2D eigenvalue weighted by Crippen LogP contribution is -2.30. The van der Waals surface area contributed by atoms with Gasteiger partial charge in [-0.15, -0.1) is 0 Å². The molecule has 1 aliphatic heterocycles. The largest absolute Gasteiger partial charge is 0.508 e. The molecule has 2 heterocycles. The van der Waals surface area contributed by atoms with E-state index in [2.05, 4.69) is 9.97 Å². The highest BCUT2D eigenvalue weighted by atomic mass is 32.2. The van der Waals surface area contributed by atoms with Crippen molar-refractivity contribution in [2.45, 2.75) is 50.7 Å². The number of phenolic OH excluding ortho intramolecular Hbond substituents is 1. The first-order chi connectivity index (χ1) is 12.5. The van der Waals surface area contributed by atoms with E-state index < -0.39 is 0 Å². The minimum atomic E-state index is 0.111. The summed E-state index contributed by atoms with van der Waals surface area (Å²) in [4.78, 5) is 23.8. The van der Waals surface area contributed by atoms with E-state index in [0.29, 0.717) is 12.8 Å².